The van der Waals surface area contributed by atoms with Gasteiger partial charge in [0.15, 0.2) is 0 Å². The van der Waals surface area contributed by atoms with Crippen LogP contribution >= 0.6 is 11.6 Å². The molecule has 1 amide bonds. The lowest BCUT2D eigenvalue weighted by Crippen LogP contribution is -2.16. The zero-order valence-corrected chi connectivity index (χ0v) is 18.5. The zero-order valence-electron chi connectivity index (χ0n) is 16.9. The van der Waals surface area contributed by atoms with Gasteiger partial charge in [0, 0.05) is 5.56 Å². The molecule has 0 saturated heterocycles. The number of carbonyl (C=O) groups excluding carboxylic acids is 1. The van der Waals surface area contributed by atoms with Crippen LogP contribution in [0.1, 0.15) is 27.0 Å². The lowest BCUT2D eigenvalue weighted by molar-refractivity contribution is -0.137. The molecule has 0 saturated carbocycles. The molecular formula is C22H18ClF3N2O3S. The minimum Gasteiger partial charge on any atom is -0.321 e. The predicted octanol–water partition coefficient (Wildman–Crippen LogP) is 6.03. The number of anilines is 2. The average molecular weight is 483 g/mol. The largest absolute Gasteiger partial charge is 0.416 e. The van der Waals surface area contributed by atoms with E-state index in [0.29, 0.717) is 5.56 Å². The number of hydrogen-bond donors (Lipinski definition) is 2. The first kappa shape index (κ1) is 23.6. The van der Waals surface area contributed by atoms with Crippen LogP contribution in [-0.2, 0) is 16.2 Å². The Kier molecular flexibility index (Phi) is 6.52. The van der Waals surface area contributed by atoms with Crippen molar-refractivity contribution in [2.75, 3.05) is 10.0 Å². The number of aryl methyl sites for hydroxylation is 2. The number of carbonyl (C=O) groups is 1. The third-order valence-corrected chi connectivity index (χ3v) is 6.33. The molecule has 0 atom stereocenters. The van der Waals surface area contributed by atoms with E-state index in [-0.39, 0.29) is 26.9 Å². The molecule has 3 aromatic rings. The topological polar surface area (TPSA) is 75.3 Å². The minimum absolute atomic E-state index is 0.0330. The lowest BCUT2D eigenvalue weighted by atomic mass is 10.1. The summed E-state index contributed by atoms with van der Waals surface area (Å²) in [5.41, 5.74) is 0.460. The molecule has 0 aliphatic carbocycles. The van der Waals surface area contributed by atoms with E-state index in [4.69, 9.17) is 11.6 Å². The van der Waals surface area contributed by atoms with Gasteiger partial charge in [0.2, 0.25) is 0 Å². The Morgan fingerprint density at radius 2 is 1.56 bits per heavy atom. The number of alkyl halides is 3. The minimum atomic E-state index is -4.60. The molecule has 0 spiro atoms. The molecule has 3 aromatic carbocycles. The maximum atomic E-state index is 13.0. The molecule has 168 valence electrons. The number of halogens is 4. The summed E-state index contributed by atoms with van der Waals surface area (Å²) in [7, 11) is -3.91. The normalized spacial score (nSPS) is 11.8. The Hall–Kier alpha value is -3.04. The summed E-state index contributed by atoms with van der Waals surface area (Å²) in [5, 5.41) is 2.27. The highest BCUT2D eigenvalue weighted by Gasteiger charge is 2.31. The van der Waals surface area contributed by atoms with E-state index in [1.807, 2.05) is 6.92 Å². The first-order valence-electron chi connectivity index (χ1n) is 9.25. The van der Waals surface area contributed by atoms with Gasteiger partial charge in [-0.1, -0.05) is 35.4 Å². The van der Waals surface area contributed by atoms with E-state index in [1.54, 1.807) is 19.1 Å². The highest BCUT2D eigenvalue weighted by atomic mass is 35.5. The van der Waals surface area contributed by atoms with Crippen molar-refractivity contribution in [1.82, 2.24) is 0 Å². The molecule has 10 heteroatoms. The van der Waals surface area contributed by atoms with Crippen molar-refractivity contribution < 1.29 is 26.4 Å². The molecule has 0 fully saturated rings. The Labute approximate surface area is 188 Å². The molecule has 3 rings (SSSR count). The fourth-order valence-electron chi connectivity index (χ4n) is 2.79. The number of nitrogens with one attached hydrogen (secondary N) is 2. The third-order valence-electron chi connectivity index (χ3n) is 4.62. The maximum Gasteiger partial charge on any atom is 0.416 e. The highest BCUT2D eigenvalue weighted by Crippen LogP contribution is 2.34. The van der Waals surface area contributed by atoms with Crippen LogP contribution in [0.25, 0.3) is 0 Å². The third kappa shape index (κ3) is 5.41. The summed E-state index contributed by atoms with van der Waals surface area (Å²) in [6.07, 6.45) is -4.60. The Bertz CT molecular complexity index is 1270. The fraction of sp³-hybridized carbons (Fsp3) is 0.136. The van der Waals surface area contributed by atoms with Crippen LogP contribution in [0.15, 0.2) is 65.6 Å². The van der Waals surface area contributed by atoms with E-state index in [0.717, 1.165) is 23.8 Å². The van der Waals surface area contributed by atoms with Crippen LogP contribution in [0.2, 0.25) is 5.02 Å². The molecular weight excluding hydrogens is 465 g/mol. The fourth-order valence-corrected chi connectivity index (χ4v) is 4.07. The molecule has 0 aromatic heterocycles. The molecule has 0 aliphatic heterocycles. The van der Waals surface area contributed by atoms with Gasteiger partial charge in [-0.05, 0) is 61.9 Å². The standard InChI is InChI=1S/C22H18ClF3N2O3S/c1-13-3-8-17(9-4-13)32(30,31)28-19-11-15(6-5-14(19)2)21(29)27-20-12-16(22(24,25)26)7-10-18(20)23/h3-12,28H,1-2H3,(H,27,29). The summed E-state index contributed by atoms with van der Waals surface area (Å²) in [5.74, 6) is -0.748. The van der Waals surface area contributed by atoms with Crippen LogP contribution in [0.4, 0.5) is 24.5 Å². The van der Waals surface area contributed by atoms with E-state index >= 15 is 0 Å². The van der Waals surface area contributed by atoms with Crippen molar-refractivity contribution in [2.45, 2.75) is 24.9 Å². The summed E-state index contributed by atoms with van der Waals surface area (Å²) >= 11 is 5.93. The number of sulfonamides is 1. The summed E-state index contributed by atoms with van der Waals surface area (Å²) < 4.78 is 66.7. The Morgan fingerprint density at radius 3 is 2.19 bits per heavy atom. The molecule has 0 radical (unpaired) electrons. The summed E-state index contributed by atoms with van der Waals surface area (Å²) in [4.78, 5) is 12.7. The van der Waals surface area contributed by atoms with E-state index in [1.165, 1.54) is 30.3 Å². The van der Waals surface area contributed by atoms with Gasteiger partial charge < -0.3 is 5.32 Å². The van der Waals surface area contributed by atoms with Crippen molar-refractivity contribution in [3.8, 4) is 0 Å². The van der Waals surface area contributed by atoms with Crippen LogP contribution in [-0.4, -0.2) is 14.3 Å². The second-order valence-corrected chi connectivity index (χ2v) is 9.18. The Morgan fingerprint density at radius 1 is 0.906 bits per heavy atom. The van der Waals surface area contributed by atoms with E-state index < -0.39 is 27.7 Å². The average Bonchev–Trinajstić information content (AvgIpc) is 2.70. The Balaban J connectivity index is 1.87. The summed E-state index contributed by atoms with van der Waals surface area (Å²) in [6, 6.07) is 13.1. The van der Waals surface area contributed by atoms with Crippen LogP contribution in [0.5, 0.6) is 0 Å². The van der Waals surface area contributed by atoms with Gasteiger partial charge in [-0.3, -0.25) is 9.52 Å². The molecule has 0 aliphatic rings. The number of benzene rings is 3. The van der Waals surface area contributed by atoms with Gasteiger partial charge in [-0.15, -0.1) is 0 Å². The highest BCUT2D eigenvalue weighted by molar-refractivity contribution is 7.92. The first-order chi connectivity index (χ1) is 14.9. The molecule has 0 heterocycles. The zero-order chi connectivity index (χ0) is 23.7. The van der Waals surface area contributed by atoms with Crippen LogP contribution in [0, 0.1) is 13.8 Å². The quantitative estimate of drug-likeness (QED) is 0.466. The van der Waals surface area contributed by atoms with Gasteiger partial charge in [0.1, 0.15) is 0 Å². The SMILES string of the molecule is Cc1ccc(S(=O)(=O)Nc2cc(C(=O)Nc3cc(C(F)(F)F)ccc3Cl)ccc2C)cc1. The van der Waals surface area contributed by atoms with E-state index in [9.17, 15) is 26.4 Å². The lowest BCUT2D eigenvalue weighted by Gasteiger charge is -2.14. The number of hydrogen-bond acceptors (Lipinski definition) is 3. The van der Waals surface area contributed by atoms with Gasteiger partial charge in [0.05, 0.1) is 26.9 Å². The van der Waals surface area contributed by atoms with E-state index in [2.05, 4.69) is 10.0 Å². The monoisotopic (exact) mass is 482 g/mol. The van der Waals surface area contributed by atoms with Crippen molar-refractivity contribution in [2.24, 2.45) is 0 Å². The van der Waals surface area contributed by atoms with Gasteiger partial charge in [0.25, 0.3) is 15.9 Å². The molecule has 5 nitrogen and oxygen atoms in total. The smallest absolute Gasteiger partial charge is 0.321 e. The van der Waals surface area contributed by atoms with Crippen molar-refractivity contribution in [3.05, 3.63) is 87.9 Å². The summed E-state index contributed by atoms with van der Waals surface area (Å²) in [6.45, 7) is 3.48. The predicted molar refractivity (Wildman–Crippen MR) is 118 cm³/mol. The van der Waals surface area contributed by atoms with Crippen molar-refractivity contribution >= 4 is 38.9 Å². The first-order valence-corrected chi connectivity index (χ1v) is 11.1. The molecule has 0 unspecified atom stereocenters. The maximum absolute atomic E-state index is 13.0. The second kappa shape index (κ2) is 8.84. The van der Waals surface area contributed by atoms with Gasteiger partial charge in [-0.2, -0.15) is 13.2 Å². The van der Waals surface area contributed by atoms with Gasteiger partial charge in [-0.25, -0.2) is 8.42 Å². The van der Waals surface area contributed by atoms with Gasteiger partial charge >= 0.3 is 6.18 Å². The van der Waals surface area contributed by atoms with Crippen LogP contribution < -0.4 is 10.0 Å². The number of amides is 1. The van der Waals surface area contributed by atoms with Crippen molar-refractivity contribution in [1.29, 1.82) is 0 Å². The van der Waals surface area contributed by atoms with Crippen LogP contribution in [0.3, 0.4) is 0 Å². The molecule has 0 bridgehead atoms. The second-order valence-electron chi connectivity index (χ2n) is 7.09. The molecule has 32 heavy (non-hydrogen) atoms. The van der Waals surface area contributed by atoms with Crippen molar-refractivity contribution in [3.63, 3.8) is 0 Å². The molecule has 2 N–H and O–H groups in total. The number of rotatable bonds is 5.